The molecule has 6 nitrogen and oxygen atoms in total. The van der Waals surface area contributed by atoms with Crippen LogP contribution in [0.1, 0.15) is 50.0 Å². The molecule has 3 N–H and O–H groups in total. The van der Waals surface area contributed by atoms with Gasteiger partial charge in [0.15, 0.2) is 0 Å². The van der Waals surface area contributed by atoms with Crippen LogP contribution in [0, 0.1) is 5.41 Å². The van der Waals surface area contributed by atoms with E-state index in [4.69, 9.17) is 5.14 Å². The number of nitrogens with one attached hydrogen (secondary N) is 1. The van der Waals surface area contributed by atoms with Gasteiger partial charge in [0, 0.05) is 19.3 Å². The molecule has 1 aromatic heterocycles. The SMILES string of the molecule is Cn1cc(S(N)(=O)=O)cc1C(=O)NC1CCC(C)(C)CC1. The number of primary sulfonamides is 1. The van der Waals surface area contributed by atoms with Gasteiger partial charge in [-0.15, -0.1) is 0 Å². The molecule has 0 saturated heterocycles. The number of amides is 1. The summed E-state index contributed by atoms with van der Waals surface area (Å²) in [6.07, 6.45) is 5.41. The van der Waals surface area contributed by atoms with Crippen LogP contribution in [-0.4, -0.2) is 24.9 Å². The van der Waals surface area contributed by atoms with Crippen molar-refractivity contribution in [3.63, 3.8) is 0 Å². The number of aromatic nitrogens is 1. The summed E-state index contributed by atoms with van der Waals surface area (Å²) in [5.74, 6) is -0.253. The Balaban J connectivity index is 2.06. The highest BCUT2D eigenvalue weighted by Gasteiger charge is 2.28. The Labute approximate surface area is 125 Å². The van der Waals surface area contributed by atoms with Gasteiger partial charge in [-0.25, -0.2) is 13.6 Å². The number of hydrogen-bond acceptors (Lipinski definition) is 3. The van der Waals surface area contributed by atoms with Crippen molar-refractivity contribution in [2.45, 2.75) is 50.5 Å². The first kappa shape index (κ1) is 16.0. The molecule has 0 unspecified atom stereocenters. The first-order chi connectivity index (χ1) is 9.58. The van der Waals surface area contributed by atoms with Crippen molar-refractivity contribution < 1.29 is 13.2 Å². The molecule has 0 aromatic carbocycles. The van der Waals surface area contributed by atoms with Crippen molar-refractivity contribution in [3.05, 3.63) is 18.0 Å². The van der Waals surface area contributed by atoms with Crippen LogP contribution >= 0.6 is 0 Å². The van der Waals surface area contributed by atoms with Gasteiger partial charge in [0.1, 0.15) is 10.6 Å². The first-order valence-electron chi connectivity index (χ1n) is 7.08. The Kier molecular flexibility index (Phi) is 4.17. The van der Waals surface area contributed by atoms with E-state index in [1.54, 1.807) is 7.05 Å². The summed E-state index contributed by atoms with van der Waals surface area (Å²) in [5.41, 5.74) is 0.649. The van der Waals surface area contributed by atoms with E-state index < -0.39 is 10.0 Å². The van der Waals surface area contributed by atoms with Crippen molar-refractivity contribution in [1.82, 2.24) is 9.88 Å². The van der Waals surface area contributed by atoms with Gasteiger partial charge in [-0.1, -0.05) is 13.8 Å². The predicted octanol–water partition coefficient (Wildman–Crippen LogP) is 1.37. The summed E-state index contributed by atoms with van der Waals surface area (Å²) < 4.78 is 24.1. The summed E-state index contributed by atoms with van der Waals surface area (Å²) >= 11 is 0. The van der Waals surface area contributed by atoms with Crippen LogP contribution in [0.4, 0.5) is 0 Å². The van der Waals surface area contributed by atoms with Crippen LogP contribution in [0.15, 0.2) is 17.2 Å². The predicted molar refractivity (Wildman–Crippen MR) is 80.3 cm³/mol. The highest BCUT2D eigenvalue weighted by molar-refractivity contribution is 7.89. The van der Waals surface area contributed by atoms with E-state index in [0.29, 0.717) is 11.1 Å². The van der Waals surface area contributed by atoms with Crippen molar-refractivity contribution in [2.24, 2.45) is 17.6 Å². The second-order valence-corrected chi connectivity index (χ2v) is 8.19. The van der Waals surface area contributed by atoms with Crippen LogP contribution in [0.5, 0.6) is 0 Å². The largest absolute Gasteiger partial charge is 0.348 e. The molecule has 0 bridgehead atoms. The van der Waals surface area contributed by atoms with Gasteiger partial charge >= 0.3 is 0 Å². The summed E-state index contributed by atoms with van der Waals surface area (Å²) in [7, 11) is -2.15. The number of rotatable bonds is 3. The van der Waals surface area contributed by atoms with E-state index in [1.807, 2.05) is 0 Å². The third-order valence-corrected chi connectivity index (χ3v) is 5.10. The number of nitrogens with zero attached hydrogens (tertiary/aromatic N) is 1. The number of nitrogens with two attached hydrogens (primary N) is 1. The van der Waals surface area contributed by atoms with E-state index >= 15 is 0 Å². The maximum Gasteiger partial charge on any atom is 0.268 e. The summed E-state index contributed by atoms with van der Waals surface area (Å²) in [4.78, 5) is 12.2. The molecular weight excluding hydrogens is 290 g/mol. The lowest BCUT2D eigenvalue weighted by Gasteiger charge is -2.34. The molecule has 2 rings (SSSR count). The molecule has 1 heterocycles. The summed E-state index contributed by atoms with van der Waals surface area (Å²) in [6, 6.07) is 1.47. The third kappa shape index (κ3) is 3.85. The first-order valence-corrected chi connectivity index (χ1v) is 8.63. The van der Waals surface area contributed by atoms with E-state index in [-0.39, 0.29) is 16.8 Å². The Hall–Kier alpha value is -1.34. The van der Waals surface area contributed by atoms with Gasteiger partial charge in [0.25, 0.3) is 5.91 Å². The van der Waals surface area contributed by atoms with Crippen LogP contribution in [0.3, 0.4) is 0 Å². The molecule has 1 saturated carbocycles. The highest BCUT2D eigenvalue weighted by atomic mass is 32.2. The third-order valence-electron chi connectivity index (χ3n) is 4.22. The Morgan fingerprint density at radius 3 is 2.43 bits per heavy atom. The number of carbonyl (C=O) groups excluding carboxylic acids is 1. The van der Waals surface area contributed by atoms with Crippen molar-refractivity contribution in [3.8, 4) is 0 Å². The standard InChI is InChI=1S/C14H23N3O3S/c1-14(2)6-4-10(5-7-14)16-13(18)12-8-11(9-17(12)3)21(15,19)20/h8-10H,4-7H2,1-3H3,(H,16,18)(H2,15,19,20). The molecule has 0 radical (unpaired) electrons. The van der Waals surface area contributed by atoms with Crippen LogP contribution < -0.4 is 10.5 Å². The zero-order valence-corrected chi connectivity index (χ0v) is 13.5. The van der Waals surface area contributed by atoms with Crippen molar-refractivity contribution >= 4 is 15.9 Å². The molecule has 7 heteroatoms. The van der Waals surface area contributed by atoms with E-state index in [0.717, 1.165) is 25.7 Å². The average molecular weight is 313 g/mol. The number of hydrogen-bond donors (Lipinski definition) is 2. The minimum absolute atomic E-state index is 0.0417. The second-order valence-electron chi connectivity index (χ2n) is 6.63. The van der Waals surface area contributed by atoms with Crippen LogP contribution in [0.25, 0.3) is 0 Å². The smallest absolute Gasteiger partial charge is 0.268 e. The van der Waals surface area contributed by atoms with Gasteiger partial charge in [-0.3, -0.25) is 4.79 Å². The van der Waals surface area contributed by atoms with E-state index in [1.165, 1.54) is 16.8 Å². The fourth-order valence-electron chi connectivity index (χ4n) is 2.72. The summed E-state index contributed by atoms with van der Waals surface area (Å²) in [5, 5.41) is 8.06. The molecule has 1 amide bonds. The molecule has 0 spiro atoms. The van der Waals surface area contributed by atoms with Gasteiger partial charge in [0.05, 0.1) is 0 Å². The minimum atomic E-state index is -3.79. The minimum Gasteiger partial charge on any atom is -0.348 e. The van der Waals surface area contributed by atoms with Crippen LogP contribution in [-0.2, 0) is 17.1 Å². The quantitative estimate of drug-likeness (QED) is 0.882. The monoisotopic (exact) mass is 313 g/mol. The number of sulfonamides is 1. The fourth-order valence-corrected chi connectivity index (χ4v) is 3.30. The Bertz CT molecular complexity index is 636. The Morgan fingerprint density at radius 1 is 1.38 bits per heavy atom. The molecular formula is C14H23N3O3S. The fraction of sp³-hybridized carbons (Fsp3) is 0.643. The van der Waals surface area contributed by atoms with Gasteiger partial charge in [-0.05, 0) is 37.2 Å². The maximum absolute atomic E-state index is 12.3. The zero-order chi connectivity index (χ0) is 15.8. The zero-order valence-electron chi connectivity index (χ0n) is 12.7. The van der Waals surface area contributed by atoms with Crippen LogP contribution in [0.2, 0.25) is 0 Å². The average Bonchev–Trinajstić information content (AvgIpc) is 2.74. The highest BCUT2D eigenvalue weighted by Crippen LogP contribution is 2.35. The van der Waals surface area contributed by atoms with E-state index in [9.17, 15) is 13.2 Å². The van der Waals surface area contributed by atoms with Gasteiger partial charge < -0.3 is 9.88 Å². The lowest BCUT2D eigenvalue weighted by atomic mass is 9.75. The molecule has 1 aliphatic rings. The van der Waals surface area contributed by atoms with Crippen molar-refractivity contribution in [2.75, 3.05) is 0 Å². The van der Waals surface area contributed by atoms with E-state index in [2.05, 4.69) is 19.2 Å². The second kappa shape index (κ2) is 5.46. The molecule has 21 heavy (non-hydrogen) atoms. The normalized spacial score (nSPS) is 19.4. The molecule has 1 aromatic rings. The molecule has 118 valence electrons. The van der Waals surface area contributed by atoms with Gasteiger partial charge in [0.2, 0.25) is 10.0 Å². The maximum atomic E-state index is 12.3. The lowest BCUT2D eigenvalue weighted by molar-refractivity contribution is 0.0901. The molecule has 1 fully saturated rings. The van der Waals surface area contributed by atoms with Crippen molar-refractivity contribution in [1.29, 1.82) is 0 Å². The number of carbonyl (C=O) groups is 1. The molecule has 0 atom stereocenters. The Morgan fingerprint density at radius 2 is 1.95 bits per heavy atom. The lowest BCUT2D eigenvalue weighted by Crippen LogP contribution is -2.39. The molecule has 0 aliphatic heterocycles. The number of aryl methyl sites for hydroxylation is 1. The summed E-state index contributed by atoms with van der Waals surface area (Å²) in [6.45, 7) is 4.47. The topological polar surface area (TPSA) is 94.2 Å². The molecule has 1 aliphatic carbocycles. The van der Waals surface area contributed by atoms with Gasteiger partial charge in [-0.2, -0.15) is 0 Å².